The van der Waals surface area contributed by atoms with Gasteiger partial charge in [0.05, 0.1) is 18.2 Å². The molecule has 21 heavy (non-hydrogen) atoms. The number of aromatic nitrogens is 2. The Bertz CT molecular complexity index is 628. The Balaban J connectivity index is 2.79. The summed E-state index contributed by atoms with van der Waals surface area (Å²) in [5.74, 6) is -0.0598. The van der Waals surface area contributed by atoms with Crippen molar-refractivity contribution in [3.8, 4) is 0 Å². The summed E-state index contributed by atoms with van der Waals surface area (Å²) >= 11 is 0. The van der Waals surface area contributed by atoms with Crippen LogP contribution < -0.4 is 16.6 Å². The molecule has 0 radical (unpaired) electrons. The first kappa shape index (κ1) is 16.9. The fourth-order valence-corrected chi connectivity index (χ4v) is 1.97. The van der Waals surface area contributed by atoms with E-state index < -0.39 is 17.2 Å². The van der Waals surface area contributed by atoms with Gasteiger partial charge in [0.2, 0.25) is 5.91 Å². The van der Waals surface area contributed by atoms with E-state index in [0.717, 1.165) is 0 Å². The normalized spacial score (nSPS) is 12.8. The van der Waals surface area contributed by atoms with E-state index in [4.69, 9.17) is 0 Å². The van der Waals surface area contributed by atoms with Crippen LogP contribution in [0.3, 0.4) is 0 Å². The molecule has 0 fully saturated rings. The molecule has 1 amide bonds. The largest absolute Gasteiger partial charge is 0.394 e. The van der Waals surface area contributed by atoms with Gasteiger partial charge >= 0.3 is 5.69 Å². The van der Waals surface area contributed by atoms with Gasteiger partial charge in [-0.25, -0.2) is 4.79 Å². The molecule has 0 saturated carbocycles. The van der Waals surface area contributed by atoms with Crippen LogP contribution in [0.25, 0.3) is 6.08 Å². The number of carbonyl (C=O) groups excluding carboxylic acids is 1. The van der Waals surface area contributed by atoms with E-state index >= 15 is 0 Å². The maximum atomic E-state index is 11.8. The standard InChI is InChI=1S/C14H21N3O4/c1-8(2)6-10(7-18)16-12(19)5-4-11-9(3)15-14(21)17-13(11)20/h4-5,8,10,18H,6-7H2,1-3H3,(H,16,19)(H2,15,17,20,21). The highest BCUT2D eigenvalue weighted by atomic mass is 16.3. The fraction of sp³-hybridized carbons (Fsp3) is 0.500. The van der Waals surface area contributed by atoms with Crippen molar-refractivity contribution in [1.82, 2.24) is 15.3 Å². The topological polar surface area (TPSA) is 115 Å². The average molecular weight is 295 g/mol. The van der Waals surface area contributed by atoms with Crippen LogP contribution in [0.4, 0.5) is 0 Å². The van der Waals surface area contributed by atoms with Crippen molar-refractivity contribution in [1.29, 1.82) is 0 Å². The molecule has 1 atom stereocenters. The summed E-state index contributed by atoms with van der Waals surface area (Å²) in [6.07, 6.45) is 3.20. The highest BCUT2D eigenvalue weighted by Crippen LogP contribution is 2.04. The molecule has 7 nitrogen and oxygen atoms in total. The van der Waals surface area contributed by atoms with Gasteiger partial charge in [0.1, 0.15) is 0 Å². The average Bonchev–Trinajstić information content (AvgIpc) is 2.35. The second kappa shape index (κ2) is 7.58. The number of aliphatic hydroxyl groups excluding tert-OH is 1. The van der Waals surface area contributed by atoms with Crippen LogP contribution in [-0.4, -0.2) is 33.6 Å². The number of hydrogen-bond acceptors (Lipinski definition) is 4. The van der Waals surface area contributed by atoms with Crippen molar-refractivity contribution in [2.24, 2.45) is 5.92 Å². The zero-order valence-electron chi connectivity index (χ0n) is 12.4. The number of aliphatic hydroxyl groups is 1. The van der Waals surface area contributed by atoms with Crippen LogP contribution >= 0.6 is 0 Å². The lowest BCUT2D eigenvalue weighted by atomic mass is 10.0. The summed E-state index contributed by atoms with van der Waals surface area (Å²) in [6.45, 7) is 5.42. The molecule has 0 spiro atoms. The van der Waals surface area contributed by atoms with Crippen LogP contribution in [0.15, 0.2) is 15.7 Å². The number of hydrogen-bond donors (Lipinski definition) is 4. The van der Waals surface area contributed by atoms with Gasteiger partial charge in [0.25, 0.3) is 5.56 Å². The molecule has 0 bridgehead atoms. The number of rotatable bonds is 6. The van der Waals surface area contributed by atoms with Crippen molar-refractivity contribution in [3.05, 3.63) is 38.2 Å². The Morgan fingerprint density at radius 2 is 2.00 bits per heavy atom. The van der Waals surface area contributed by atoms with Crippen LogP contribution in [0.1, 0.15) is 31.5 Å². The van der Waals surface area contributed by atoms with Gasteiger partial charge in [0, 0.05) is 11.8 Å². The zero-order chi connectivity index (χ0) is 16.0. The van der Waals surface area contributed by atoms with Gasteiger partial charge < -0.3 is 15.4 Å². The summed E-state index contributed by atoms with van der Waals surface area (Å²) in [5.41, 5.74) is -0.541. The highest BCUT2D eigenvalue weighted by Gasteiger charge is 2.11. The third kappa shape index (κ3) is 5.39. The summed E-state index contributed by atoms with van der Waals surface area (Å²) in [5, 5.41) is 11.9. The molecular weight excluding hydrogens is 274 g/mol. The van der Waals surface area contributed by atoms with Crippen molar-refractivity contribution in [2.45, 2.75) is 33.2 Å². The van der Waals surface area contributed by atoms with E-state index in [1.165, 1.54) is 12.2 Å². The monoisotopic (exact) mass is 295 g/mol. The number of aromatic amines is 2. The van der Waals surface area contributed by atoms with Crippen molar-refractivity contribution >= 4 is 12.0 Å². The van der Waals surface area contributed by atoms with Crippen LogP contribution in [0.5, 0.6) is 0 Å². The molecule has 0 aliphatic heterocycles. The van der Waals surface area contributed by atoms with Crippen molar-refractivity contribution in [3.63, 3.8) is 0 Å². The second-order valence-electron chi connectivity index (χ2n) is 5.30. The van der Waals surface area contributed by atoms with Crippen LogP contribution in [0.2, 0.25) is 0 Å². The van der Waals surface area contributed by atoms with Gasteiger partial charge in [-0.3, -0.25) is 14.6 Å². The lowest BCUT2D eigenvalue weighted by molar-refractivity contribution is -0.117. The number of aryl methyl sites for hydroxylation is 1. The Kier molecular flexibility index (Phi) is 6.10. The maximum Gasteiger partial charge on any atom is 0.325 e. The third-order valence-corrected chi connectivity index (χ3v) is 2.90. The lowest BCUT2D eigenvalue weighted by Gasteiger charge is -2.17. The van der Waals surface area contributed by atoms with Crippen LogP contribution in [-0.2, 0) is 4.79 Å². The van der Waals surface area contributed by atoms with E-state index in [2.05, 4.69) is 15.3 Å². The van der Waals surface area contributed by atoms with Gasteiger partial charge in [-0.05, 0) is 25.3 Å². The van der Waals surface area contributed by atoms with Gasteiger partial charge in [-0.2, -0.15) is 0 Å². The first-order chi connectivity index (χ1) is 9.83. The molecule has 1 rings (SSSR count). The van der Waals surface area contributed by atoms with E-state index in [1.807, 2.05) is 13.8 Å². The fourth-order valence-electron chi connectivity index (χ4n) is 1.97. The number of nitrogens with one attached hydrogen (secondary N) is 3. The Hall–Kier alpha value is -2.15. The molecule has 0 aliphatic rings. The summed E-state index contributed by atoms with van der Waals surface area (Å²) in [4.78, 5) is 38.9. The SMILES string of the molecule is Cc1[nH]c(=O)[nH]c(=O)c1C=CC(=O)NC(CO)CC(C)C. The summed E-state index contributed by atoms with van der Waals surface area (Å²) in [6, 6.07) is -0.322. The second-order valence-corrected chi connectivity index (χ2v) is 5.30. The number of amides is 1. The molecule has 0 saturated heterocycles. The quantitative estimate of drug-likeness (QED) is 0.549. The molecule has 0 aliphatic carbocycles. The first-order valence-corrected chi connectivity index (χ1v) is 6.76. The molecule has 0 aromatic carbocycles. The zero-order valence-corrected chi connectivity index (χ0v) is 12.4. The minimum absolute atomic E-state index is 0.143. The van der Waals surface area contributed by atoms with E-state index in [-0.39, 0.29) is 18.2 Å². The predicted octanol–water partition coefficient (Wildman–Crippen LogP) is -0.0920. The third-order valence-electron chi connectivity index (χ3n) is 2.90. The molecule has 1 aromatic heterocycles. The lowest BCUT2D eigenvalue weighted by Crippen LogP contribution is -2.37. The molecule has 116 valence electrons. The van der Waals surface area contributed by atoms with E-state index in [9.17, 15) is 19.5 Å². The summed E-state index contributed by atoms with van der Waals surface area (Å²) in [7, 11) is 0. The molecular formula is C14H21N3O4. The minimum atomic E-state index is -0.587. The molecule has 1 aromatic rings. The Morgan fingerprint density at radius 3 is 2.52 bits per heavy atom. The predicted molar refractivity (Wildman–Crippen MR) is 79.9 cm³/mol. The number of carbonyl (C=O) groups is 1. The Labute approximate surface area is 122 Å². The van der Waals surface area contributed by atoms with Crippen molar-refractivity contribution < 1.29 is 9.90 Å². The van der Waals surface area contributed by atoms with Crippen LogP contribution in [0, 0.1) is 12.8 Å². The summed E-state index contributed by atoms with van der Waals surface area (Å²) < 4.78 is 0. The van der Waals surface area contributed by atoms with Gasteiger partial charge in [-0.1, -0.05) is 13.8 Å². The van der Waals surface area contributed by atoms with Gasteiger partial charge in [0.15, 0.2) is 0 Å². The van der Waals surface area contributed by atoms with E-state index in [0.29, 0.717) is 18.0 Å². The van der Waals surface area contributed by atoms with Gasteiger partial charge in [-0.15, -0.1) is 0 Å². The molecule has 1 heterocycles. The Morgan fingerprint density at radius 1 is 1.33 bits per heavy atom. The molecule has 4 N–H and O–H groups in total. The minimum Gasteiger partial charge on any atom is -0.394 e. The molecule has 1 unspecified atom stereocenters. The van der Waals surface area contributed by atoms with Crippen molar-refractivity contribution in [2.75, 3.05) is 6.61 Å². The number of H-pyrrole nitrogens is 2. The highest BCUT2D eigenvalue weighted by molar-refractivity contribution is 5.91. The molecule has 7 heteroatoms. The maximum absolute atomic E-state index is 11.8. The first-order valence-electron chi connectivity index (χ1n) is 6.76. The smallest absolute Gasteiger partial charge is 0.325 e. The van der Waals surface area contributed by atoms with E-state index in [1.54, 1.807) is 6.92 Å².